The molecule has 0 amide bonds. The number of benzene rings is 2. The van der Waals surface area contributed by atoms with Crippen LogP contribution in [0.15, 0.2) is 24.3 Å². The van der Waals surface area contributed by atoms with E-state index in [9.17, 15) is 52.7 Å². The van der Waals surface area contributed by atoms with Crippen LogP contribution in [0.3, 0.4) is 0 Å². The normalized spacial score (nSPS) is 12.5. The fourth-order valence-corrected chi connectivity index (χ4v) is 2.60. The van der Waals surface area contributed by atoms with Crippen molar-refractivity contribution in [3.8, 4) is 23.7 Å². The van der Waals surface area contributed by atoms with Gasteiger partial charge in [-0.05, 0) is 36.1 Å². The van der Waals surface area contributed by atoms with Gasteiger partial charge in [0.15, 0.2) is 0 Å². The molecule has 0 unspecified atom stereocenters. The zero-order valence-corrected chi connectivity index (χ0v) is 16.0. The summed E-state index contributed by atoms with van der Waals surface area (Å²) < 4.78 is 156. The summed E-state index contributed by atoms with van der Waals surface area (Å²) in [5.41, 5.74) is -1.68. The zero-order chi connectivity index (χ0) is 26.3. The van der Waals surface area contributed by atoms with E-state index in [4.69, 9.17) is 11.5 Å². The van der Waals surface area contributed by atoms with E-state index in [0.717, 1.165) is 0 Å². The topological polar surface area (TPSA) is 52.0 Å². The first-order valence-corrected chi connectivity index (χ1v) is 8.40. The maximum absolute atomic E-state index is 13.1. The van der Waals surface area contributed by atoms with E-state index in [1.54, 1.807) is 23.7 Å². The van der Waals surface area contributed by atoms with Crippen molar-refractivity contribution in [3.63, 3.8) is 0 Å². The average Bonchev–Trinajstić information content (AvgIpc) is 2.63. The van der Waals surface area contributed by atoms with Gasteiger partial charge in [-0.3, -0.25) is 0 Å². The van der Waals surface area contributed by atoms with Gasteiger partial charge in [0.1, 0.15) is 0 Å². The summed E-state index contributed by atoms with van der Waals surface area (Å²) in [6.45, 7) is 0. The smallest absolute Gasteiger partial charge is 0.398 e. The van der Waals surface area contributed by atoms with Gasteiger partial charge < -0.3 is 11.5 Å². The molecule has 0 fully saturated rings. The predicted octanol–water partition coefficient (Wildman–Crippen LogP) is 6.33. The van der Waals surface area contributed by atoms with E-state index >= 15 is 0 Å². The van der Waals surface area contributed by atoms with Gasteiger partial charge in [-0.25, -0.2) is 0 Å². The third kappa shape index (κ3) is 6.01. The predicted molar refractivity (Wildman–Crippen MR) is 95.5 cm³/mol. The van der Waals surface area contributed by atoms with Crippen LogP contribution in [0, 0.1) is 23.7 Å². The van der Waals surface area contributed by atoms with E-state index in [1.807, 2.05) is 0 Å². The van der Waals surface area contributed by atoms with Crippen molar-refractivity contribution in [2.45, 2.75) is 24.7 Å². The molecular weight excluding hydrogens is 496 g/mol. The molecule has 14 heteroatoms. The molecule has 0 aliphatic carbocycles. The van der Waals surface area contributed by atoms with Gasteiger partial charge in [0.2, 0.25) is 0 Å². The minimum atomic E-state index is -5.21. The summed E-state index contributed by atoms with van der Waals surface area (Å²) in [5, 5.41) is 0. The quantitative estimate of drug-likeness (QED) is 0.250. The number of hydrogen-bond donors (Lipinski definition) is 2. The van der Waals surface area contributed by atoms with Crippen molar-refractivity contribution >= 4 is 11.4 Å². The number of halogens is 12. The van der Waals surface area contributed by atoms with Gasteiger partial charge in [0.05, 0.1) is 22.3 Å². The van der Waals surface area contributed by atoms with Gasteiger partial charge in [0, 0.05) is 22.5 Å². The van der Waals surface area contributed by atoms with E-state index < -0.39 is 69.5 Å². The number of alkyl halides is 12. The molecule has 0 aromatic heterocycles. The minimum Gasteiger partial charge on any atom is -0.398 e. The third-order valence-corrected chi connectivity index (χ3v) is 4.06. The molecule has 0 saturated carbocycles. The van der Waals surface area contributed by atoms with Crippen LogP contribution in [-0.4, -0.2) is 0 Å². The van der Waals surface area contributed by atoms with E-state index in [1.165, 1.54) is 0 Å². The fourth-order valence-electron chi connectivity index (χ4n) is 2.60. The van der Waals surface area contributed by atoms with Crippen LogP contribution in [-0.2, 0) is 24.7 Å². The van der Waals surface area contributed by atoms with Crippen LogP contribution in [0.1, 0.15) is 33.4 Å². The van der Waals surface area contributed by atoms with Gasteiger partial charge in [-0.2, -0.15) is 52.7 Å². The largest absolute Gasteiger partial charge is 0.418 e. The molecule has 2 aromatic rings. The van der Waals surface area contributed by atoms with Crippen LogP contribution in [0.2, 0.25) is 0 Å². The molecule has 2 aromatic carbocycles. The molecular formula is C20H8F12N2. The van der Waals surface area contributed by atoms with Crippen molar-refractivity contribution in [1.82, 2.24) is 0 Å². The summed E-state index contributed by atoms with van der Waals surface area (Å²) in [6, 6.07) is -0.118. The molecule has 0 aliphatic heterocycles. The number of rotatable bonds is 0. The lowest BCUT2D eigenvalue weighted by atomic mass is 10.0. The lowest BCUT2D eigenvalue weighted by molar-refractivity contribution is -0.141. The summed E-state index contributed by atoms with van der Waals surface area (Å²) in [6.07, 6.45) is -20.7. The second-order valence-electron chi connectivity index (χ2n) is 6.46. The van der Waals surface area contributed by atoms with E-state index in [2.05, 4.69) is 0 Å². The molecule has 0 saturated heterocycles. The Morgan fingerprint density at radius 1 is 0.441 bits per heavy atom. The van der Waals surface area contributed by atoms with Crippen molar-refractivity contribution in [1.29, 1.82) is 0 Å². The first-order chi connectivity index (χ1) is 15.2. The van der Waals surface area contributed by atoms with E-state index in [-0.39, 0.29) is 24.3 Å². The molecule has 182 valence electrons. The SMILES string of the molecule is Nc1cc(C(F)(F)F)c(C#CC#Cc2cc(C(F)(F)F)c(N)cc2C(F)(F)F)cc1C(F)(F)F. The van der Waals surface area contributed by atoms with Gasteiger partial charge >= 0.3 is 24.7 Å². The van der Waals surface area contributed by atoms with Crippen molar-refractivity contribution in [2.24, 2.45) is 0 Å². The molecule has 0 radical (unpaired) electrons. The Hall–Kier alpha value is -3.68. The lowest BCUT2D eigenvalue weighted by Gasteiger charge is -2.15. The highest BCUT2D eigenvalue weighted by Crippen LogP contribution is 2.41. The van der Waals surface area contributed by atoms with Crippen LogP contribution >= 0.6 is 0 Å². The standard InChI is InChI=1S/C20H8F12N2/c21-17(22,23)11-7-15(33)13(19(27,28)29)5-9(11)3-1-2-4-10-6-14(20(30,31)32)16(34)8-12(10)18(24,25)26/h5-8H,33-34H2. The molecule has 0 spiro atoms. The zero-order valence-electron chi connectivity index (χ0n) is 16.0. The highest BCUT2D eigenvalue weighted by atomic mass is 19.4. The highest BCUT2D eigenvalue weighted by molar-refractivity contribution is 5.61. The average molecular weight is 504 g/mol. The molecule has 2 nitrogen and oxygen atoms in total. The molecule has 0 bridgehead atoms. The monoisotopic (exact) mass is 504 g/mol. The molecule has 34 heavy (non-hydrogen) atoms. The molecule has 0 atom stereocenters. The Morgan fingerprint density at radius 2 is 0.706 bits per heavy atom. The summed E-state index contributed by atoms with van der Waals surface area (Å²) >= 11 is 0. The third-order valence-electron chi connectivity index (χ3n) is 4.06. The van der Waals surface area contributed by atoms with Gasteiger partial charge in [0.25, 0.3) is 0 Å². The number of hydrogen-bond acceptors (Lipinski definition) is 2. The Bertz CT molecular complexity index is 1130. The summed E-state index contributed by atoms with van der Waals surface area (Å²) in [4.78, 5) is 0. The van der Waals surface area contributed by atoms with Crippen molar-refractivity contribution in [2.75, 3.05) is 11.5 Å². The number of nitrogen functional groups attached to an aromatic ring is 2. The van der Waals surface area contributed by atoms with Crippen molar-refractivity contribution < 1.29 is 52.7 Å². The molecule has 2 rings (SSSR count). The first kappa shape index (κ1) is 26.6. The summed E-state index contributed by atoms with van der Waals surface area (Å²) in [5.74, 6) is 6.46. The second kappa shape index (κ2) is 8.59. The van der Waals surface area contributed by atoms with Crippen LogP contribution < -0.4 is 11.5 Å². The van der Waals surface area contributed by atoms with Crippen LogP contribution in [0.5, 0.6) is 0 Å². The van der Waals surface area contributed by atoms with Gasteiger partial charge in [-0.15, -0.1) is 0 Å². The molecule has 0 aliphatic rings. The minimum absolute atomic E-state index is 0.0288. The maximum Gasteiger partial charge on any atom is 0.418 e. The highest BCUT2D eigenvalue weighted by Gasteiger charge is 2.40. The number of anilines is 2. The Labute approximate surface area is 182 Å². The summed E-state index contributed by atoms with van der Waals surface area (Å²) in [7, 11) is 0. The van der Waals surface area contributed by atoms with Crippen LogP contribution in [0.4, 0.5) is 64.1 Å². The van der Waals surface area contributed by atoms with Gasteiger partial charge in [-0.1, -0.05) is 11.8 Å². The first-order valence-electron chi connectivity index (χ1n) is 8.40. The fraction of sp³-hybridized carbons (Fsp3) is 0.200. The molecule has 4 N–H and O–H groups in total. The maximum atomic E-state index is 13.1. The van der Waals surface area contributed by atoms with Crippen LogP contribution in [0.25, 0.3) is 0 Å². The second-order valence-corrected chi connectivity index (χ2v) is 6.46. The Morgan fingerprint density at radius 3 is 0.941 bits per heavy atom. The Balaban J connectivity index is 2.67. The number of nitrogens with two attached hydrogens (primary N) is 2. The van der Waals surface area contributed by atoms with Crippen molar-refractivity contribution in [3.05, 3.63) is 57.6 Å². The molecule has 0 heterocycles. The lowest BCUT2D eigenvalue weighted by Crippen LogP contribution is -2.14. The van der Waals surface area contributed by atoms with E-state index in [0.29, 0.717) is 0 Å². The Kier molecular flexibility index (Phi) is 6.71.